The Labute approximate surface area is 99.7 Å². The van der Waals surface area contributed by atoms with Crippen LogP contribution in [-0.4, -0.2) is 28.3 Å². The number of thioether (sulfide) groups is 1. The van der Waals surface area contributed by atoms with Crippen molar-refractivity contribution in [1.29, 1.82) is 0 Å². The number of rotatable bonds is 6. The second-order valence-electron chi connectivity index (χ2n) is 3.43. The van der Waals surface area contributed by atoms with Crippen LogP contribution in [0.1, 0.15) is 33.6 Å². The van der Waals surface area contributed by atoms with Crippen LogP contribution < -0.4 is 5.32 Å². The van der Waals surface area contributed by atoms with Crippen LogP contribution in [-0.2, 0) is 4.79 Å². The molecule has 1 unspecified atom stereocenters. The smallest absolute Gasteiger partial charge is 0.233 e. The molecule has 4 heteroatoms. The van der Waals surface area contributed by atoms with Crippen molar-refractivity contribution in [3.63, 3.8) is 0 Å². The van der Waals surface area contributed by atoms with Crippen molar-refractivity contribution < 1.29 is 4.79 Å². The van der Waals surface area contributed by atoms with Crippen molar-refractivity contribution in [3.05, 3.63) is 0 Å². The van der Waals surface area contributed by atoms with E-state index >= 15 is 0 Å². The Hall–Kier alpha value is 0.300. The molecule has 1 amide bonds. The van der Waals surface area contributed by atoms with Crippen molar-refractivity contribution in [2.75, 3.05) is 12.8 Å². The minimum absolute atomic E-state index is 0.0744. The molecule has 0 heterocycles. The van der Waals surface area contributed by atoms with Gasteiger partial charge in [-0.1, -0.05) is 29.8 Å². The number of alkyl halides is 1. The Morgan fingerprint density at radius 3 is 2.29 bits per heavy atom. The molecular weight excluding hydrogens is 262 g/mol. The number of nitrogens with one attached hydrogen (secondary N) is 1. The van der Waals surface area contributed by atoms with Gasteiger partial charge in [0.1, 0.15) is 0 Å². The van der Waals surface area contributed by atoms with Gasteiger partial charge >= 0.3 is 0 Å². The third-order valence-corrected chi connectivity index (χ3v) is 4.67. The second-order valence-corrected chi connectivity index (χ2v) is 6.08. The monoisotopic (exact) mass is 281 g/mol. The van der Waals surface area contributed by atoms with Gasteiger partial charge in [-0.25, -0.2) is 0 Å². The topological polar surface area (TPSA) is 29.1 Å². The fourth-order valence-electron chi connectivity index (χ4n) is 1.25. The molecule has 0 spiro atoms. The van der Waals surface area contributed by atoms with Crippen molar-refractivity contribution >= 4 is 33.6 Å². The first-order chi connectivity index (χ1) is 6.51. The first-order valence-corrected chi connectivity index (χ1v) is 7.12. The van der Waals surface area contributed by atoms with Gasteiger partial charge in [-0.3, -0.25) is 4.79 Å². The van der Waals surface area contributed by atoms with E-state index in [4.69, 9.17) is 0 Å². The van der Waals surface area contributed by atoms with Gasteiger partial charge < -0.3 is 5.32 Å². The molecule has 0 fully saturated rings. The zero-order valence-electron chi connectivity index (χ0n) is 9.39. The van der Waals surface area contributed by atoms with Gasteiger partial charge in [0, 0.05) is 11.3 Å². The number of halogens is 1. The zero-order chi connectivity index (χ0) is 11.2. The van der Waals surface area contributed by atoms with E-state index in [1.54, 1.807) is 0 Å². The first kappa shape index (κ1) is 14.3. The predicted molar refractivity (Wildman–Crippen MR) is 68.2 cm³/mol. The Morgan fingerprint density at radius 2 is 2.00 bits per heavy atom. The summed E-state index contributed by atoms with van der Waals surface area (Å²) in [4.78, 5) is 11.3. The molecule has 0 saturated heterocycles. The van der Waals surface area contributed by atoms with Gasteiger partial charge in [0.05, 0.1) is 4.83 Å². The molecule has 0 rings (SSSR count). The number of amides is 1. The maximum absolute atomic E-state index is 11.4. The number of carbonyl (C=O) groups is 1. The minimum Gasteiger partial charge on any atom is -0.354 e. The van der Waals surface area contributed by atoms with Gasteiger partial charge in [0.2, 0.25) is 5.91 Å². The fourth-order valence-corrected chi connectivity index (χ4v) is 2.21. The molecule has 14 heavy (non-hydrogen) atoms. The number of hydrogen-bond donors (Lipinski definition) is 1. The van der Waals surface area contributed by atoms with Crippen LogP contribution in [0.15, 0.2) is 0 Å². The molecule has 2 nitrogen and oxygen atoms in total. The van der Waals surface area contributed by atoms with E-state index in [1.807, 2.05) is 18.7 Å². The minimum atomic E-state index is -0.101. The Balaban J connectivity index is 4.12. The molecule has 0 aliphatic rings. The number of hydrogen-bond acceptors (Lipinski definition) is 2. The lowest BCUT2D eigenvalue weighted by molar-refractivity contribution is -0.120. The summed E-state index contributed by atoms with van der Waals surface area (Å²) < 4.78 is 0.206. The third kappa shape index (κ3) is 4.22. The molecule has 0 aromatic carbocycles. The van der Waals surface area contributed by atoms with E-state index in [9.17, 15) is 4.79 Å². The molecule has 0 aromatic heterocycles. The Bertz CT molecular complexity index is 173. The molecular formula is C10H20BrNOS. The molecule has 0 aliphatic carbocycles. The van der Waals surface area contributed by atoms with Crippen molar-refractivity contribution in [3.8, 4) is 0 Å². The van der Waals surface area contributed by atoms with E-state index in [2.05, 4.69) is 41.3 Å². The summed E-state index contributed by atoms with van der Waals surface area (Å²) in [5, 5.41) is 2.97. The second kappa shape index (κ2) is 6.72. The lowest BCUT2D eigenvalue weighted by Crippen LogP contribution is -2.41. The maximum Gasteiger partial charge on any atom is 0.233 e. The van der Waals surface area contributed by atoms with Gasteiger partial charge in [0.25, 0.3) is 0 Å². The lowest BCUT2D eigenvalue weighted by Gasteiger charge is -2.30. The van der Waals surface area contributed by atoms with E-state index in [0.29, 0.717) is 0 Å². The van der Waals surface area contributed by atoms with Crippen LogP contribution in [0, 0.1) is 0 Å². The first-order valence-electron chi connectivity index (χ1n) is 4.98. The SMILES string of the molecule is CCC(CC)(CNC(=O)C(C)Br)SC. The molecule has 84 valence electrons. The maximum atomic E-state index is 11.4. The van der Waals surface area contributed by atoms with E-state index in [1.165, 1.54) is 0 Å². The van der Waals surface area contributed by atoms with Crippen molar-refractivity contribution in [2.45, 2.75) is 43.2 Å². The summed E-state index contributed by atoms with van der Waals surface area (Å²) in [5.41, 5.74) is 0. The third-order valence-electron chi connectivity index (χ3n) is 2.67. The normalized spacial score (nSPS) is 13.8. The van der Waals surface area contributed by atoms with Crippen molar-refractivity contribution in [2.24, 2.45) is 0 Å². The molecule has 0 radical (unpaired) electrons. The van der Waals surface area contributed by atoms with Crippen LogP contribution in [0.5, 0.6) is 0 Å². The van der Waals surface area contributed by atoms with Gasteiger partial charge in [-0.15, -0.1) is 0 Å². The highest BCUT2D eigenvalue weighted by atomic mass is 79.9. The van der Waals surface area contributed by atoms with Gasteiger partial charge in [0.15, 0.2) is 0 Å². The van der Waals surface area contributed by atoms with E-state index < -0.39 is 0 Å². The molecule has 0 saturated carbocycles. The largest absolute Gasteiger partial charge is 0.354 e. The molecule has 1 atom stereocenters. The van der Waals surface area contributed by atoms with Crippen LogP contribution in [0.2, 0.25) is 0 Å². The van der Waals surface area contributed by atoms with E-state index in [0.717, 1.165) is 19.4 Å². The predicted octanol–water partition coefficient (Wildman–Crippen LogP) is 2.81. The van der Waals surface area contributed by atoms with Crippen LogP contribution in [0.3, 0.4) is 0 Å². The Kier molecular flexibility index (Phi) is 6.87. The fraction of sp³-hybridized carbons (Fsp3) is 0.900. The van der Waals surface area contributed by atoms with Crippen LogP contribution in [0.25, 0.3) is 0 Å². The highest BCUT2D eigenvalue weighted by molar-refractivity contribution is 9.10. The van der Waals surface area contributed by atoms with Gasteiger partial charge in [-0.2, -0.15) is 11.8 Å². The molecule has 0 aromatic rings. The standard InChI is InChI=1S/C10H20BrNOS/c1-5-10(6-2,14-4)7-12-9(13)8(3)11/h8H,5-7H2,1-4H3,(H,12,13). The average Bonchev–Trinajstić information content (AvgIpc) is 2.20. The lowest BCUT2D eigenvalue weighted by atomic mass is 10.0. The summed E-state index contributed by atoms with van der Waals surface area (Å²) in [5.74, 6) is 0.0744. The highest BCUT2D eigenvalue weighted by Crippen LogP contribution is 2.29. The van der Waals surface area contributed by atoms with Crippen LogP contribution in [0.4, 0.5) is 0 Å². The quantitative estimate of drug-likeness (QED) is 0.759. The average molecular weight is 282 g/mol. The zero-order valence-corrected chi connectivity index (χ0v) is 11.8. The summed E-state index contributed by atoms with van der Waals surface area (Å²) in [6.45, 7) is 6.94. The summed E-state index contributed by atoms with van der Waals surface area (Å²) >= 11 is 5.10. The number of carbonyl (C=O) groups excluding carboxylic acids is 1. The molecule has 0 bridgehead atoms. The van der Waals surface area contributed by atoms with E-state index in [-0.39, 0.29) is 15.5 Å². The van der Waals surface area contributed by atoms with Gasteiger partial charge in [-0.05, 0) is 26.0 Å². The summed E-state index contributed by atoms with van der Waals surface area (Å²) in [6.07, 6.45) is 4.28. The highest BCUT2D eigenvalue weighted by Gasteiger charge is 2.25. The van der Waals surface area contributed by atoms with Crippen LogP contribution >= 0.6 is 27.7 Å². The van der Waals surface area contributed by atoms with Crippen molar-refractivity contribution in [1.82, 2.24) is 5.32 Å². The summed E-state index contributed by atoms with van der Waals surface area (Å²) in [6, 6.07) is 0. The molecule has 0 aliphatic heterocycles. The Morgan fingerprint density at radius 1 is 1.50 bits per heavy atom. The molecule has 1 N–H and O–H groups in total. The summed E-state index contributed by atoms with van der Waals surface area (Å²) in [7, 11) is 0.